The molecule has 0 aromatic heterocycles. The smallest absolute Gasteiger partial charge is 0.217 e. The Morgan fingerprint density at radius 3 is 2.43 bits per heavy atom. The van der Waals surface area contributed by atoms with E-state index in [4.69, 9.17) is 0 Å². The first kappa shape index (κ1) is 8.75. The van der Waals surface area contributed by atoms with E-state index in [-0.39, 0.29) is 5.91 Å². The van der Waals surface area contributed by atoms with Crippen LogP contribution in [0.5, 0.6) is 0 Å². The van der Waals surface area contributed by atoms with Gasteiger partial charge in [-0.05, 0) is 55.8 Å². The van der Waals surface area contributed by atoms with Crippen molar-refractivity contribution in [2.75, 3.05) is 0 Å². The molecule has 5 rings (SSSR count). The van der Waals surface area contributed by atoms with Gasteiger partial charge in [0, 0.05) is 13.0 Å². The summed E-state index contributed by atoms with van der Waals surface area (Å²) in [5.74, 6) is 3.88. The van der Waals surface area contributed by atoms with Gasteiger partial charge < -0.3 is 5.32 Å². The predicted octanol–water partition coefficient (Wildman–Crippen LogP) is 1.95. The van der Waals surface area contributed by atoms with Crippen LogP contribution in [0.25, 0.3) is 0 Å². The Labute approximate surface area is 85.4 Å². The molecule has 5 aliphatic rings. The highest BCUT2D eigenvalue weighted by Crippen LogP contribution is 2.55. The van der Waals surface area contributed by atoms with Gasteiger partial charge in [-0.2, -0.15) is 0 Å². The minimum Gasteiger partial charge on any atom is -0.353 e. The molecule has 0 aromatic carbocycles. The lowest BCUT2D eigenvalue weighted by Crippen LogP contribution is -2.55. The van der Waals surface area contributed by atoms with Crippen LogP contribution in [0.1, 0.15) is 39.0 Å². The summed E-state index contributed by atoms with van der Waals surface area (Å²) in [7, 11) is 0. The van der Waals surface area contributed by atoms with Crippen molar-refractivity contribution in [3.8, 4) is 0 Å². The Bertz CT molecular complexity index is 263. The van der Waals surface area contributed by atoms with Crippen molar-refractivity contribution >= 4 is 5.91 Å². The molecule has 14 heavy (non-hydrogen) atoms. The van der Waals surface area contributed by atoms with E-state index < -0.39 is 0 Å². The number of carbonyl (C=O) groups is 1. The van der Waals surface area contributed by atoms with Crippen molar-refractivity contribution in [3.63, 3.8) is 0 Å². The Balaban J connectivity index is 1.76. The second-order valence-corrected chi connectivity index (χ2v) is 5.54. The van der Waals surface area contributed by atoms with Crippen LogP contribution in [0.4, 0.5) is 0 Å². The fourth-order valence-electron chi connectivity index (χ4n) is 4.31. The van der Waals surface area contributed by atoms with Crippen LogP contribution in [-0.2, 0) is 4.79 Å². The van der Waals surface area contributed by atoms with E-state index in [1.165, 1.54) is 32.1 Å². The van der Waals surface area contributed by atoms with Crippen molar-refractivity contribution < 1.29 is 4.79 Å². The van der Waals surface area contributed by atoms with Gasteiger partial charge >= 0.3 is 0 Å². The number of rotatable bonds is 1. The zero-order chi connectivity index (χ0) is 9.71. The van der Waals surface area contributed by atoms with Gasteiger partial charge in [-0.15, -0.1) is 0 Å². The Kier molecular flexibility index (Phi) is 1.86. The first-order chi connectivity index (χ1) is 6.74. The topological polar surface area (TPSA) is 29.1 Å². The fraction of sp³-hybridized carbons (Fsp3) is 0.917. The van der Waals surface area contributed by atoms with Gasteiger partial charge in [-0.1, -0.05) is 0 Å². The molecular weight excluding hydrogens is 174 g/mol. The highest BCUT2D eigenvalue weighted by atomic mass is 16.1. The van der Waals surface area contributed by atoms with Crippen LogP contribution in [0.3, 0.4) is 0 Å². The molecule has 2 nitrogen and oxygen atoms in total. The van der Waals surface area contributed by atoms with Gasteiger partial charge in [0.15, 0.2) is 0 Å². The first-order valence-electron chi connectivity index (χ1n) is 6.01. The van der Waals surface area contributed by atoms with Crippen molar-refractivity contribution in [2.45, 2.75) is 45.1 Å². The second kappa shape index (κ2) is 2.98. The molecule has 78 valence electrons. The molecule has 5 fully saturated rings. The summed E-state index contributed by atoms with van der Waals surface area (Å²) in [5, 5.41) is 3.16. The van der Waals surface area contributed by atoms with Crippen molar-refractivity contribution in [3.05, 3.63) is 0 Å². The third-order valence-electron chi connectivity index (χ3n) is 4.82. The molecule has 2 heteroatoms. The minimum atomic E-state index is 0.165. The Hall–Kier alpha value is -0.530. The molecule has 5 unspecified atom stereocenters. The van der Waals surface area contributed by atoms with E-state index in [1.807, 2.05) is 0 Å². The fourth-order valence-corrected chi connectivity index (χ4v) is 4.31. The zero-order valence-electron chi connectivity index (χ0n) is 8.83. The van der Waals surface area contributed by atoms with E-state index in [0.29, 0.717) is 6.04 Å². The van der Waals surface area contributed by atoms with Crippen LogP contribution in [0.2, 0.25) is 0 Å². The molecule has 0 saturated heterocycles. The normalized spacial score (nSPS) is 49.4. The van der Waals surface area contributed by atoms with Gasteiger partial charge in [0.2, 0.25) is 5.91 Å². The third kappa shape index (κ3) is 1.19. The zero-order valence-corrected chi connectivity index (χ0v) is 8.83. The lowest BCUT2D eigenvalue weighted by atomic mass is 9.51. The molecule has 0 heterocycles. The molecule has 0 radical (unpaired) electrons. The van der Waals surface area contributed by atoms with Crippen LogP contribution in [0.15, 0.2) is 0 Å². The maximum Gasteiger partial charge on any atom is 0.217 e. The minimum absolute atomic E-state index is 0.165. The number of hydrogen-bond acceptors (Lipinski definition) is 1. The highest BCUT2D eigenvalue weighted by Gasteiger charge is 2.50. The lowest BCUT2D eigenvalue weighted by molar-refractivity contribution is -0.123. The monoisotopic (exact) mass is 193 g/mol. The molecule has 0 aliphatic heterocycles. The summed E-state index contributed by atoms with van der Waals surface area (Å²) in [4.78, 5) is 11.1. The molecule has 1 N–H and O–H groups in total. The van der Waals surface area contributed by atoms with E-state index in [0.717, 1.165) is 23.7 Å². The summed E-state index contributed by atoms with van der Waals surface area (Å²) >= 11 is 0. The maximum atomic E-state index is 11.1. The van der Waals surface area contributed by atoms with Crippen molar-refractivity contribution in [1.82, 2.24) is 5.32 Å². The number of carbonyl (C=O) groups excluding carboxylic acids is 1. The molecule has 5 saturated carbocycles. The summed E-state index contributed by atoms with van der Waals surface area (Å²) < 4.78 is 0. The molecule has 0 spiro atoms. The van der Waals surface area contributed by atoms with Crippen molar-refractivity contribution in [1.29, 1.82) is 0 Å². The standard InChI is InChI=1S/C12H19NO/c1-7(14)13-12-6-10-4-9-3-2-8(10)5-11(9)12/h8-12H,2-6H2,1H3,(H,13,14). The molecule has 5 atom stereocenters. The highest BCUT2D eigenvalue weighted by molar-refractivity contribution is 5.73. The number of hydrogen-bond donors (Lipinski definition) is 1. The van der Waals surface area contributed by atoms with Gasteiger partial charge in [0.25, 0.3) is 0 Å². The van der Waals surface area contributed by atoms with Crippen LogP contribution >= 0.6 is 0 Å². The maximum absolute atomic E-state index is 11.1. The molecule has 4 bridgehead atoms. The quantitative estimate of drug-likeness (QED) is 0.677. The van der Waals surface area contributed by atoms with Crippen LogP contribution < -0.4 is 5.32 Å². The number of amides is 1. The van der Waals surface area contributed by atoms with E-state index in [1.54, 1.807) is 6.92 Å². The first-order valence-corrected chi connectivity index (χ1v) is 6.01. The molecule has 1 amide bonds. The average molecular weight is 193 g/mol. The van der Waals surface area contributed by atoms with Gasteiger partial charge in [0.1, 0.15) is 0 Å². The molecule has 0 aromatic rings. The van der Waals surface area contributed by atoms with E-state index in [9.17, 15) is 4.79 Å². The average Bonchev–Trinajstić information content (AvgIpc) is 2.17. The van der Waals surface area contributed by atoms with E-state index >= 15 is 0 Å². The molecular formula is C12H19NO. The number of fused-ring (bicyclic) bond motifs is 2. The van der Waals surface area contributed by atoms with E-state index in [2.05, 4.69) is 5.32 Å². The summed E-state index contributed by atoms with van der Waals surface area (Å²) in [6.45, 7) is 1.65. The summed E-state index contributed by atoms with van der Waals surface area (Å²) in [5.41, 5.74) is 0. The predicted molar refractivity (Wildman–Crippen MR) is 54.6 cm³/mol. The Morgan fingerprint density at radius 1 is 1.07 bits per heavy atom. The largest absolute Gasteiger partial charge is 0.353 e. The van der Waals surface area contributed by atoms with Crippen molar-refractivity contribution in [2.24, 2.45) is 23.7 Å². The second-order valence-electron chi connectivity index (χ2n) is 5.54. The SMILES string of the molecule is CC(=O)NC1CC2CC3CCC2CC31. The van der Waals surface area contributed by atoms with Gasteiger partial charge in [-0.25, -0.2) is 0 Å². The Morgan fingerprint density at radius 2 is 1.86 bits per heavy atom. The summed E-state index contributed by atoms with van der Waals surface area (Å²) in [6, 6.07) is 0.521. The van der Waals surface area contributed by atoms with Crippen LogP contribution in [-0.4, -0.2) is 11.9 Å². The summed E-state index contributed by atoms with van der Waals surface area (Å²) in [6.07, 6.45) is 7.04. The van der Waals surface area contributed by atoms with Gasteiger partial charge in [-0.3, -0.25) is 4.79 Å². The molecule has 5 aliphatic carbocycles. The van der Waals surface area contributed by atoms with Crippen LogP contribution in [0, 0.1) is 23.7 Å². The lowest BCUT2D eigenvalue weighted by Gasteiger charge is -2.56. The van der Waals surface area contributed by atoms with Gasteiger partial charge in [0.05, 0.1) is 0 Å². The third-order valence-corrected chi connectivity index (χ3v) is 4.82. The number of nitrogens with one attached hydrogen (secondary N) is 1.